The molecule has 1 amide bonds. The zero-order valence-corrected chi connectivity index (χ0v) is 20.6. The monoisotopic (exact) mass is 527 g/mol. The lowest BCUT2D eigenvalue weighted by molar-refractivity contribution is 0.0954. The summed E-state index contributed by atoms with van der Waals surface area (Å²) in [5.41, 5.74) is 10.4. The van der Waals surface area contributed by atoms with Crippen molar-refractivity contribution >= 4 is 28.8 Å². The zero-order chi connectivity index (χ0) is 25.1. The van der Waals surface area contributed by atoms with Gasteiger partial charge in [-0.2, -0.15) is 11.1 Å². The number of rotatable bonds is 8. The summed E-state index contributed by atoms with van der Waals surface area (Å²) in [7, 11) is 1.87. The van der Waals surface area contributed by atoms with Gasteiger partial charge in [0, 0.05) is 25.4 Å². The first-order chi connectivity index (χ1) is 17.5. The van der Waals surface area contributed by atoms with E-state index in [4.69, 9.17) is 16.3 Å². The van der Waals surface area contributed by atoms with E-state index in [1.807, 2.05) is 12.1 Å². The lowest BCUT2D eigenvalue weighted by Crippen LogP contribution is -2.40. The maximum Gasteiger partial charge on any atom is 0.261 e. The average molecular weight is 528 g/mol. The number of carbonyl (C=O) groups excluding carboxylic acids is 1. The number of hydrogen-bond acceptors (Lipinski definition) is 10. The Morgan fingerprint density at radius 3 is 2.89 bits per heavy atom. The van der Waals surface area contributed by atoms with Crippen LogP contribution in [0.4, 0.5) is 0 Å². The average Bonchev–Trinajstić information content (AvgIpc) is 3.63. The van der Waals surface area contributed by atoms with Crippen LogP contribution in [0.2, 0.25) is 4.34 Å². The van der Waals surface area contributed by atoms with Crippen LogP contribution in [0, 0.1) is 0 Å². The molecule has 0 radical (unpaired) electrons. The van der Waals surface area contributed by atoms with Crippen LogP contribution >= 0.6 is 22.9 Å². The molecule has 1 fully saturated rings. The number of amides is 1. The number of nitrogens with zero attached hydrogens (tertiary/aromatic N) is 5. The van der Waals surface area contributed by atoms with E-state index in [1.54, 1.807) is 59.5 Å². The van der Waals surface area contributed by atoms with Gasteiger partial charge in [-0.15, -0.1) is 16.4 Å². The Balaban J connectivity index is 1.38. The highest BCUT2D eigenvalue weighted by molar-refractivity contribution is 7.17. The van der Waals surface area contributed by atoms with Gasteiger partial charge in [-0.05, 0) is 30.3 Å². The molecule has 186 valence electrons. The summed E-state index contributed by atoms with van der Waals surface area (Å²) in [5.74, 6) is 0.262. The number of hydrazine groups is 3. The standard InChI is InChI=1S/C22H22ClN9O3S/c1-30-20(26-27-29-30)13-35-17-10-15(31-9-3-2-4-21(31)33)5-6-16(17)32-12-14(25-28-32)11-24-22(34)18-7-8-19(23)36-18/h2-10,12,20,26-27,29H,11,13H2,1H3,(H,24,34). The second kappa shape index (κ2) is 10.6. The number of carbonyl (C=O) groups is 1. The minimum absolute atomic E-state index is 0.145. The summed E-state index contributed by atoms with van der Waals surface area (Å²) in [5, 5.41) is 13.0. The van der Waals surface area contributed by atoms with Crippen molar-refractivity contribution in [3.63, 3.8) is 0 Å². The number of halogens is 1. The van der Waals surface area contributed by atoms with Crippen molar-refractivity contribution in [2.24, 2.45) is 0 Å². The van der Waals surface area contributed by atoms with Crippen LogP contribution in [0.25, 0.3) is 11.4 Å². The van der Waals surface area contributed by atoms with Crippen molar-refractivity contribution < 1.29 is 9.53 Å². The van der Waals surface area contributed by atoms with Crippen molar-refractivity contribution in [1.82, 2.24) is 46.4 Å². The highest BCUT2D eigenvalue weighted by atomic mass is 35.5. The van der Waals surface area contributed by atoms with E-state index in [-0.39, 0.29) is 30.8 Å². The highest BCUT2D eigenvalue weighted by Gasteiger charge is 2.21. The largest absolute Gasteiger partial charge is 0.488 e. The Labute approximate surface area is 214 Å². The number of hydrogen-bond donors (Lipinski definition) is 4. The normalized spacial score (nSPS) is 15.8. The van der Waals surface area contributed by atoms with Gasteiger partial charge in [-0.3, -0.25) is 14.2 Å². The summed E-state index contributed by atoms with van der Waals surface area (Å²) in [4.78, 5) is 25.2. The minimum atomic E-state index is -0.237. The van der Waals surface area contributed by atoms with E-state index in [0.717, 1.165) is 0 Å². The van der Waals surface area contributed by atoms with Gasteiger partial charge < -0.3 is 10.1 Å². The SMILES string of the molecule is CN1NNNC1COc1cc(-n2ccccc2=O)ccc1-n1cc(CNC(=O)c2ccc(Cl)s2)nn1. The Morgan fingerprint density at radius 2 is 2.14 bits per heavy atom. The molecular weight excluding hydrogens is 506 g/mol. The molecule has 1 aromatic carbocycles. The predicted octanol–water partition coefficient (Wildman–Crippen LogP) is 1.23. The molecule has 12 nitrogen and oxygen atoms in total. The van der Waals surface area contributed by atoms with Crippen molar-refractivity contribution in [1.29, 1.82) is 0 Å². The van der Waals surface area contributed by atoms with E-state index >= 15 is 0 Å². The smallest absolute Gasteiger partial charge is 0.261 e. The Bertz CT molecular complexity index is 1440. The number of benzene rings is 1. The first kappa shape index (κ1) is 24.1. The molecule has 4 aromatic rings. The third kappa shape index (κ3) is 5.31. The fraction of sp³-hybridized carbons (Fsp3) is 0.182. The second-order valence-corrected chi connectivity index (χ2v) is 9.54. The number of ether oxygens (including phenoxy) is 1. The quantitative estimate of drug-likeness (QED) is 0.267. The molecule has 0 saturated carbocycles. The van der Waals surface area contributed by atoms with Gasteiger partial charge in [-0.25, -0.2) is 15.1 Å². The Kier molecular flexibility index (Phi) is 7.09. The first-order valence-corrected chi connectivity index (χ1v) is 12.1. The number of thiophene rings is 1. The number of pyridine rings is 1. The molecule has 1 aliphatic rings. The van der Waals surface area contributed by atoms with Crippen molar-refractivity contribution in [2.75, 3.05) is 13.7 Å². The van der Waals surface area contributed by atoms with Gasteiger partial charge in [0.2, 0.25) is 0 Å². The minimum Gasteiger partial charge on any atom is -0.488 e. The van der Waals surface area contributed by atoms with Crippen LogP contribution < -0.4 is 32.1 Å². The maximum atomic E-state index is 12.4. The van der Waals surface area contributed by atoms with E-state index in [1.165, 1.54) is 22.0 Å². The molecule has 36 heavy (non-hydrogen) atoms. The molecule has 0 spiro atoms. The number of likely N-dealkylation sites (N-methyl/N-ethyl adjacent to an activating group) is 1. The molecule has 4 heterocycles. The summed E-state index contributed by atoms with van der Waals surface area (Å²) in [6, 6.07) is 13.7. The van der Waals surface area contributed by atoms with Crippen LogP contribution in [-0.2, 0) is 6.54 Å². The van der Waals surface area contributed by atoms with Crippen LogP contribution in [0.3, 0.4) is 0 Å². The van der Waals surface area contributed by atoms with E-state index in [2.05, 4.69) is 32.1 Å². The molecule has 14 heteroatoms. The molecule has 5 rings (SSSR count). The highest BCUT2D eigenvalue weighted by Crippen LogP contribution is 2.26. The third-order valence-corrected chi connectivity index (χ3v) is 6.62. The van der Waals surface area contributed by atoms with Crippen LogP contribution in [-0.4, -0.2) is 50.3 Å². The van der Waals surface area contributed by atoms with Crippen LogP contribution in [0.5, 0.6) is 5.75 Å². The van der Waals surface area contributed by atoms with Crippen LogP contribution in [0.1, 0.15) is 15.4 Å². The number of nitrogens with one attached hydrogen (secondary N) is 4. The van der Waals surface area contributed by atoms with Gasteiger partial charge in [-0.1, -0.05) is 22.9 Å². The topological polar surface area (TPSA) is 130 Å². The van der Waals surface area contributed by atoms with Crippen molar-refractivity contribution in [3.8, 4) is 17.1 Å². The van der Waals surface area contributed by atoms with Gasteiger partial charge in [0.15, 0.2) is 0 Å². The van der Waals surface area contributed by atoms with Gasteiger partial charge in [0.25, 0.3) is 11.5 Å². The lowest BCUT2D eigenvalue weighted by atomic mass is 10.2. The van der Waals surface area contributed by atoms with E-state index in [9.17, 15) is 9.59 Å². The summed E-state index contributed by atoms with van der Waals surface area (Å²) in [6.07, 6.45) is 3.26. The lowest BCUT2D eigenvalue weighted by Gasteiger charge is -2.19. The van der Waals surface area contributed by atoms with Gasteiger partial charge in [0.1, 0.15) is 29.9 Å². The Morgan fingerprint density at radius 1 is 1.25 bits per heavy atom. The third-order valence-electron chi connectivity index (χ3n) is 5.39. The van der Waals surface area contributed by atoms with Gasteiger partial charge >= 0.3 is 0 Å². The molecule has 1 atom stereocenters. The zero-order valence-electron chi connectivity index (χ0n) is 19.0. The fourth-order valence-electron chi connectivity index (χ4n) is 3.49. The molecule has 4 N–H and O–H groups in total. The molecule has 1 saturated heterocycles. The second-order valence-electron chi connectivity index (χ2n) is 7.82. The fourth-order valence-corrected chi connectivity index (χ4v) is 4.45. The maximum absolute atomic E-state index is 12.4. The summed E-state index contributed by atoms with van der Waals surface area (Å²) < 4.78 is 9.79. The Hall–Kier alpha value is -3.59. The molecular formula is C22H22ClN9O3S. The van der Waals surface area contributed by atoms with Gasteiger partial charge in [0.05, 0.1) is 27.6 Å². The summed E-state index contributed by atoms with van der Waals surface area (Å²) >= 11 is 7.12. The van der Waals surface area contributed by atoms with Crippen molar-refractivity contribution in [3.05, 3.63) is 86.2 Å². The first-order valence-electron chi connectivity index (χ1n) is 10.9. The molecule has 1 aliphatic heterocycles. The predicted molar refractivity (Wildman–Crippen MR) is 134 cm³/mol. The molecule has 3 aromatic heterocycles. The van der Waals surface area contributed by atoms with Crippen molar-refractivity contribution in [2.45, 2.75) is 12.7 Å². The molecule has 1 unspecified atom stereocenters. The van der Waals surface area contributed by atoms with Crippen LogP contribution in [0.15, 0.2) is 65.7 Å². The van der Waals surface area contributed by atoms with E-state index < -0.39 is 0 Å². The van der Waals surface area contributed by atoms with E-state index in [0.29, 0.717) is 32.0 Å². The summed E-state index contributed by atoms with van der Waals surface area (Å²) in [6.45, 7) is 0.480. The molecule has 0 aliphatic carbocycles. The molecule has 0 bridgehead atoms. The number of aromatic nitrogens is 4.